The highest BCUT2D eigenvalue weighted by molar-refractivity contribution is 5.71. The zero-order chi connectivity index (χ0) is 14.7. The molecule has 0 saturated carbocycles. The van der Waals surface area contributed by atoms with E-state index in [1.165, 1.54) is 0 Å². The monoisotopic (exact) mass is 283 g/mol. The normalized spacial score (nSPS) is 11.1. The van der Waals surface area contributed by atoms with Crippen LogP contribution >= 0.6 is 0 Å². The topological polar surface area (TPSA) is 60.2 Å². The van der Waals surface area contributed by atoms with Gasteiger partial charge in [-0.1, -0.05) is 12.1 Å². The van der Waals surface area contributed by atoms with Crippen molar-refractivity contribution in [3.63, 3.8) is 0 Å². The first kappa shape index (κ1) is 13.6. The van der Waals surface area contributed by atoms with E-state index in [2.05, 4.69) is 14.5 Å². The van der Waals surface area contributed by atoms with Crippen LogP contribution in [0.25, 0.3) is 11.2 Å². The van der Waals surface area contributed by atoms with Crippen LogP contribution in [0.1, 0.15) is 11.4 Å². The number of hydrogen-bond donors (Lipinski definition) is 1. The van der Waals surface area contributed by atoms with Crippen molar-refractivity contribution < 1.29 is 9.84 Å². The maximum absolute atomic E-state index is 9.36. The van der Waals surface area contributed by atoms with Crippen molar-refractivity contribution in [3.05, 3.63) is 54.0 Å². The van der Waals surface area contributed by atoms with Crippen LogP contribution in [0.15, 0.2) is 42.6 Å². The molecule has 21 heavy (non-hydrogen) atoms. The van der Waals surface area contributed by atoms with Gasteiger partial charge in [0.25, 0.3) is 0 Å². The van der Waals surface area contributed by atoms with E-state index in [9.17, 15) is 5.11 Å². The molecule has 0 saturated heterocycles. The van der Waals surface area contributed by atoms with Crippen molar-refractivity contribution in [2.45, 2.75) is 13.0 Å². The quantitative estimate of drug-likeness (QED) is 0.781. The zero-order valence-electron chi connectivity index (χ0n) is 11.9. The standard InChI is InChI=1S/C16H17N3O2/c1-21-10-9-19-15(11-12-4-6-13(20)7-5-12)18-14-3-2-8-17-16(14)19/h2-8,20H,9-11H2,1H3. The van der Waals surface area contributed by atoms with Gasteiger partial charge in [-0.2, -0.15) is 0 Å². The number of aromatic hydroxyl groups is 1. The van der Waals surface area contributed by atoms with Crippen molar-refractivity contribution in [1.29, 1.82) is 0 Å². The van der Waals surface area contributed by atoms with E-state index in [1.807, 2.05) is 24.3 Å². The molecule has 1 aromatic carbocycles. The molecule has 0 atom stereocenters. The van der Waals surface area contributed by atoms with Crippen molar-refractivity contribution >= 4 is 11.2 Å². The Hall–Kier alpha value is -2.40. The lowest BCUT2D eigenvalue weighted by atomic mass is 10.1. The number of methoxy groups -OCH3 is 1. The molecule has 0 unspecified atom stereocenters. The number of benzene rings is 1. The van der Waals surface area contributed by atoms with Crippen molar-refractivity contribution in [1.82, 2.24) is 14.5 Å². The number of phenols is 1. The van der Waals surface area contributed by atoms with Gasteiger partial charge in [-0.25, -0.2) is 9.97 Å². The maximum Gasteiger partial charge on any atom is 0.160 e. The first-order valence-corrected chi connectivity index (χ1v) is 6.85. The summed E-state index contributed by atoms with van der Waals surface area (Å²) >= 11 is 0. The molecule has 0 aliphatic carbocycles. The second-order valence-corrected chi connectivity index (χ2v) is 4.86. The minimum atomic E-state index is 0.272. The van der Waals surface area contributed by atoms with Crippen LogP contribution in [0.4, 0.5) is 0 Å². The van der Waals surface area contributed by atoms with Crippen molar-refractivity contribution in [2.24, 2.45) is 0 Å². The predicted molar refractivity (Wildman–Crippen MR) is 80.3 cm³/mol. The van der Waals surface area contributed by atoms with Crippen molar-refractivity contribution in [2.75, 3.05) is 13.7 Å². The van der Waals surface area contributed by atoms with Crippen molar-refractivity contribution in [3.8, 4) is 5.75 Å². The van der Waals surface area contributed by atoms with Gasteiger partial charge in [0.15, 0.2) is 5.65 Å². The molecule has 0 radical (unpaired) electrons. The summed E-state index contributed by atoms with van der Waals surface area (Å²) in [5.41, 5.74) is 2.87. The minimum absolute atomic E-state index is 0.272. The molecular formula is C16H17N3O2. The summed E-state index contributed by atoms with van der Waals surface area (Å²) in [6.45, 7) is 1.34. The van der Waals surface area contributed by atoms with E-state index in [4.69, 9.17) is 4.74 Å². The average molecular weight is 283 g/mol. The highest BCUT2D eigenvalue weighted by Crippen LogP contribution is 2.18. The smallest absolute Gasteiger partial charge is 0.160 e. The van der Waals surface area contributed by atoms with Gasteiger partial charge in [0.2, 0.25) is 0 Å². The lowest BCUT2D eigenvalue weighted by Crippen LogP contribution is -2.09. The molecule has 5 heteroatoms. The van der Waals surface area contributed by atoms with Crippen LogP contribution in [0.3, 0.4) is 0 Å². The second kappa shape index (κ2) is 5.93. The lowest BCUT2D eigenvalue weighted by Gasteiger charge is -2.08. The molecule has 0 fully saturated rings. The highest BCUT2D eigenvalue weighted by atomic mass is 16.5. The molecular weight excluding hydrogens is 266 g/mol. The number of aromatic nitrogens is 3. The minimum Gasteiger partial charge on any atom is -0.508 e. The third-order valence-corrected chi connectivity index (χ3v) is 3.40. The SMILES string of the molecule is COCCn1c(Cc2ccc(O)cc2)nc2cccnc21. The average Bonchev–Trinajstić information content (AvgIpc) is 2.85. The Bertz CT molecular complexity index is 735. The van der Waals surface area contributed by atoms with Crippen LogP contribution in [0, 0.1) is 0 Å². The maximum atomic E-state index is 9.36. The Morgan fingerprint density at radius 2 is 2.00 bits per heavy atom. The second-order valence-electron chi connectivity index (χ2n) is 4.86. The Morgan fingerprint density at radius 1 is 1.19 bits per heavy atom. The number of pyridine rings is 1. The van der Waals surface area contributed by atoms with Gasteiger partial charge in [-0.05, 0) is 29.8 Å². The highest BCUT2D eigenvalue weighted by Gasteiger charge is 2.11. The number of hydrogen-bond acceptors (Lipinski definition) is 4. The summed E-state index contributed by atoms with van der Waals surface area (Å²) in [4.78, 5) is 9.08. The predicted octanol–water partition coefficient (Wildman–Crippen LogP) is 2.37. The summed E-state index contributed by atoms with van der Waals surface area (Å²) in [7, 11) is 1.69. The van der Waals surface area contributed by atoms with E-state index in [0.29, 0.717) is 13.0 Å². The number of ether oxygens (including phenoxy) is 1. The Balaban J connectivity index is 1.97. The van der Waals surface area contributed by atoms with E-state index in [-0.39, 0.29) is 5.75 Å². The Kier molecular flexibility index (Phi) is 3.83. The van der Waals surface area contributed by atoms with Gasteiger partial charge in [0, 0.05) is 26.3 Å². The summed E-state index contributed by atoms with van der Waals surface area (Å²) in [5.74, 6) is 1.22. The molecule has 2 heterocycles. The molecule has 1 N–H and O–H groups in total. The fourth-order valence-electron chi connectivity index (χ4n) is 2.35. The third-order valence-electron chi connectivity index (χ3n) is 3.40. The van der Waals surface area contributed by atoms with Crippen LogP contribution in [-0.4, -0.2) is 33.4 Å². The summed E-state index contributed by atoms with van der Waals surface area (Å²) in [6.07, 6.45) is 2.47. The number of phenolic OH excluding ortho intramolecular Hbond substituents is 1. The van der Waals surface area contributed by atoms with Gasteiger partial charge >= 0.3 is 0 Å². The van der Waals surface area contributed by atoms with Crippen LogP contribution in [0.2, 0.25) is 0 Å². The van der Waals surface area contributed by atoms with E-state index < -0.39 is 0 Å². The molecule has 5 nitrogen and oxygen atoms in total. The number of rotatable bonds is 5. The van der Waals surface area contributed by atoms with E-state index >= 15 is 0 Å². The Morgan fingerprint density at radius 3 is 2.76 bits per heavy atom. The molecule has 0 spiro atoms. The summed E-state index contributed by atoms with van der Waals surface area (Å²) in [6, 6.07) is 11.0. The first-order chi connectivity index (χ1) is 10.3. The molecule has 0 amide bonds. The molecule has 3 rings (SSSR count). The van der Waals surface area contributed by atoms with Crippen LogP contribution in [0.5, 0.6) is 5.75 Å². The van der Waals surface area contributed by atoms with Gasteiger partial charge in [0.1, 0.15) is 17.1 Å². The molecule has 0 bridgehead atoms. The largest absolute Gasteiger partial charge is 0.508 e. The fraction of sp³-hybridized carbons (Fsp3) is 0.250. The molecule has 0 aliphatic heterocycles. The third kappa shape index (κ3) is 2.87. The zero-order valence-corrected chi connectivity index (χ0v) is 11.9. The van der Waals surface area contributed by atoms with Crippen LogP contribution < -0.4 is 0 Å². The lowest BCUT2D eigenvalue weighted by molar-refractivity contribution is 0.187. The molecule has 3 aromatic rings. The van der Waals surface area contributed by atoms with Gasteiger partial charge in [0.05, 0.1) is 6.61 Å². The van der Waals surface area contributed by atoms with Gasteiger partial charge < -0.3 is 14.4 Å². The molecule has 0 aliphatic rings. The van der Waals surface area contributed by atoms with E-state index in [1.54, 1.807) is 25.4 Å². The molecule has 108 valence electrons. The fourth-order valence-corrected chi connectivity index (χ4v) is 2.35. The van der Waals surface area contributed by atoms with Gasteiger partial charge in [-0.15, -0.1) is 0 Å². The Labute approximate surface area is 122 Å². The first-order valence-electron chi connectivity index (χ1n) is 6.85. The summed E-state index contributed by atoms with van der Waals surface area (Å²) < 4.78 is 7.26. The number of nitrogens with zero attached hydrogens (tertiary/aromatic N) is 3. The number of imidazole rings is 1. The van der Waals surface area contributed by atoms with Crippen LogP contribution in [-0.2, 0) is 17.7 Å². The molecule has 2 aromatic heterocycles. The van der Waals surface area contributed by atoms with E-state index in [0.717, 1.165) is 29.1 Å². The summed E-state index contributed by atoms with van der Waals surface area (Å²) in [5, 5.41) is 9.36. The van der Waals surface area contributed by atoms with Gasteiger partial charge in [-0.3, -0.25) is 0 Å². The number of fused-ring (bicyclic) bond motifs is 1.